The lowest BCUT2D eigenvalue weighted by atomic mass is 10.3. The molecule has 0 saturated carbocycles. The molecular formula is C13H12ClF2N5. The fraction of sp³-hybridized carbons (Fsp3) is 0.308. The Bertz CT molecular complexity index is 661. The van der Waals surface area contributed by atoms with E-state index in [4.69, 9.17) is 11.6 Å². The molecule has 3 rings (SSSR count). The number of halogens is 3. The molecule has 0 aliphatic carbocycles. The van der Waals surface area contributed by atoms with Crippen LogP contribution in [0.4, 0.5) is 26.4 Å². The summed E-state index contributed by atoms with van der Waals surface area (Å²) < 4.78 is 26.8. The Morgan fingerprint density at radius 1 is 1.10 bits per heavy atom. The Morgan fingerprint density at radius 3 is 2.62 bits per heavy atom. The van der Waals surface area contributed by atoms with Gasteiger partial charge in [0.1, 0.15) is 11.6 Å². The van der Waals surface area contributed by atoms with Crippen LogP contribution >= 0.6 is 11.6 Å². The number of aromatic nitrogens is 3. The molecule has 0 spiro atoms. The van der Waals surface area contributed by atoms with Crippen molar-refractivity contribution in [3.8, 4) is 0 Å². The van der Waals surface area contributed by atoms with Gasteiger partial charge in [-0.25, -0.2) is 8.78 Å². The lowest BCUT2D eigenvalue weighted by Gasteiger charge is -2.15. The summed E-state index contributed by atoms with van der Waals surface area (Å²) in [6.07, 6.45) is 2.12. The first kappa shape index (κ1) is 13.9. The normalized spacial score (nSPS) is 14.5. The van der Waals surface area contributed by atoms with Crippen LogP contribution in [0.3, 0.4) is 0 Å². The Hall–Kier alpha value is -2.02. The minimum Gasteiger partial charge on any atom is -0.341 e. The summed E-state index contributed by atoms with van der Waals surface area (Å²) in [5.74, 6) is -0.636. The van der Waals surface area contributed by atoms with Crippen molar-refractivity contribution in [1.29, 1.82) is 0 Å². The van der Waals surface area contributed by atoms with Crippen molar-refractivity contribution in [1.82, 2.24) is 15.0 Å². The summed E-state index contributed by atoms with van der Waals surface area (Å²) in [4.78, 5) is 14.1. The van der Waals surface area contributed by atoms with E-state index in [9.17, 15) is 8.78 Å². The third-order valence-electron chi connectivity index (χ3n) is 3.16. The van der Waals surface area contributed by atoms with Gasteiger partial charge in [-0.15, -0.1) is 0 Å². The Morgan fingerprint density at radius 2 is 1.86 bits per heavy atom. The average Bonchev–Trinajstić information content (AvgIpc) is 2.96. The van der Waals surface area contributed by atoms with E-state index >= 15 is 0 Å². The Labute approximate surface area is 125 Å². The van der Waals surface area contributed by atoms with Gasteiger partial charge in [-0.3, -0.25) is 0 Å². The zero-order chi connectivity index (χ0) is 14.8. The summed E-state index contributed by atoms with van der Waals surface area (Å²) in [6, 6.07) is 3.10. The maximum absolute atomic E-state index is 13.6. The second-order valence-corrected chi connectivity index (χ2v) is 5.01. The molecular weight excluding hydrogens is 300 g/mol. The molecule has 0 bridgehead atoms. The largest absolute Gasteiger partial charge is 0.341 e. The van der Waals surface area contributed by atoms with Crippen LogP contribution in [0.25, 0.3) is 0 Å². The van der Waals surface area contributed by atoms with Gasteiger partial charge >= 0.3 is 0 Å². The highest BCUT2D eigenvalue weighted by Gasteiger charge is 2.17. The summed E-state index contributed by atoms with van der Waals surface area (Å²) in [5.41, 5.74) is -0.0513. The lowest BCUT2D eigenvalue weighted by Crippen LogP contribution is -2.21. The number of hydrogen-bond acceptors (Lipinski definition) is 5. The first-order valence-electron chi connectivity index (χ1n) is 6.50. The van der Waals surface area contributed by atoms with E-state index in [0.29, 0.717) is 5.95 Å². The number of nitrogens with zero attached hydrogens (tertiary/aromatic N) is 4. The highest BCUT2D eigenvalue weighted by atomic mass is 35.5. The minimum atomic E-state index is -0.601. The maximum atomic E-state index is 13.6. The van der Waals surface area contributed by atoms with Crippen LogP contribution in [0.2, 0.25) is 5.28 Å². The molecule has 1 aliphatic heterocycles. The van der Waals surface area contributed by atoms with Crippen LogP contribution < -0.4 is 10.2 Å². The van der Waals surface area contributed by atoms with Crippen LogP contribution in [0.15, 0.2) is 18.2 Å². The molecule has 0 atom stereocenters. The molecule has 1 aromatic carbocycles. The van der Waals surface area contributed by atoms with Gasteiger partial charge in [0.15, 0.2) is 0 Å². The summed E-state index contributed by atoms with van der Waals surface area (Å²) in [7, 11) is 0. The molecule has 1 fully saturated rings. The predicted molar refractivity (Wildman–Crippen MR) is 75.9 cm³/mol. The highest BCUT2D eigenvalue weighted by Crippen LogP contribution is 2.22. The number of anilines is 3. The number of nitrogens with one attached hydrogen (secondary N) is 1. The van der Waals surface area contributed by atoms with Crippen molar-refractivity contribution in [3.63, 3.8) is 0 Å². The van der Waals surface area contributed by atoms with E-state index in [1.807, 2.05) is 4.90 Å². The second-order valence-electron chi connectivity index (χ2n) is 4.67. The number of hydrogen-bond donors (Lipinski definition) is 1. The van der Waals surface area contributed by atoms with Crippen molar-refractivity contribution >= 4 is 29.2 Å². The molecule has 2 aromatic rings. The van der Waals surface area contributed by atoms with E-state index in [-0.39, 0.29) is 16.9 Å². The molecule has 8 heteroatoms. The highest BCUT2D eigenvalue weighted by molar-refractivity contribution is 6.28. The number of benzene rings is 1. The maximum Gasteiger partial charge on any atom is 0.233 e. The van der Waals surface area contributed by atoms with Crippen molar-refractivity contribution in [2.45, 2.75) is 12.8 Å². The van der Waals surface area contributed by atoms with Crippen molar-refractivity contribution < 1.29 is 8.78 Å². The van der Waals surface area contributed by atoms with Gasteiger partial charge in [0, 0.05) is 19.2 Å². The van der Waals surface area contributed by atoms with E-state index in [1.165, 1.54) is 0 Å². The zero-order valence-electron chi connectivity index (χ0n) is 11.0. The van der Waals surface area contributed by atoms with Crippen molar-refractivity contribution in [2.75, 3.05) is 23.3 Å². The monoisotopic (exact) mass is 311 g/mol. The molecule has 0 unspecified atom stereocenters. The first-order valence-corrected chi connectivity index (χ1v) is 6.88. The van der Waals surface area contributed by atoms with Gasteiger partial charge < -0.3 is 10.2 Å². The van der Waals surface area contributed by atoms with Gasteiger partial charge in [0.25, 0.3) is 0 Å². The zero-order valence-corrected chi connectivity index (χ0v) is 11.7. The Kier molecular flexibility index (Phi) is 3.83. The van der Waals surface area contributed by atoms with Gasteiger partial charge in [-0.1, -0.05) is 0 Å². The lowest BCUT2D eigenvalue weighted by molar-refractivity contribution is 0.603. The molecule has 110 valence electrons. The Balaban J connectivity index is 1.89. The van der Waals surface area contributed by atoms with E-state index in [1.54, 1.807) is 0 Å². The van der Waals surface area contributed by atoms with Gasteiger partial charge in [-0.05, 0) is 36.6 Å². The molecule has 1 aromatic heterocycles. The van der Waals surface area contributed by atoms with Crippen LogP contribution in [-0.4, -0.2) is 28.0 Å². The predicted octanol–water partition coefficient (Wildman–Crippen LogP) is 3.15. The third-order valence-corrected chi connectivity index (χ3v) is 3.33. The quantitative estimate of drug-likeness (QED) is 0.943. The molecule has 1 N–H and O–H groups in total. The van der Waals surface area contributed by atoms with Gasteiger partial charge in [0.2, 0.25) is 17.2 Å². The van der Waals surface area contributed by atoms with Crippen molar-refractivity contribution in [3.05, 3.63) is 35.1 Å². The van der Waals surface area contributed by atoms with Crippen molar-refractivity contribution in [2.24, 2.45) is 0 Å². The summed E-state index contributed by atoms with van der Waals surface area (Å²) >= 11 is 5.87. The number of rotatable bonds is 3. The van der Waals surface area contributed by atoms with E-state index < -0.39 is 11.6 Å². The standard InChI is InChI=1S/C13H12ClF2N5/c14-11-18-12(17-10-7-8(15)3-4-9(10)16)20-13(19-11)21-5-1-2-6-21/h3-4,7H,1-2,5-6H2,(H,17,18,19,20). The van der Waals surface area contributed by atoms with Crippen LogP contribution in [0.5, 0.6) is 0 Å². The molecule has 2 heterocycles. The van der Waals surface area contributed by atoms with E-state index in [2.05, 4.69) is 20.3 Å². The fourth-order valence-electron chi connectivity index (χ4n) is 2.17. The molecule has 21 heavy (non-hydrogen) atoms. The smallest absolute Gasteiger partial charge is 0.233 e. The molecule has 1 saturated heterocycles. The fourth-order valence-corrected chi connectivity index (χ4v) is 2.32. The van der Waals surface area contributed by atoms with Gasteiger partial charge in [-0.2, -0.15) is 15.0 Å². The van der Waals surface area contributed by atoms with Gasteiger partial charge in [0.05, 0.1) is 5.69 Å². The summed E-state index contributed by atoms with van der Waals surface area (Å²) in [6.45, 7) is 1.68. The molecule has 1 aliphatic rings. The van der Waals surface area contributed by atoms with E-state index in [0.717, 1.165) is 44.1 Å². The minimum absolute atomic E-state index is 0.00575. The first-order chi connectivity index (χ1) is 10.1. The van der Waals surface area contributed by atoms with Crippen LogP contribution in [0.1, 0.15) is 12.8 Å². The van der Waals surface area contributed by atoms with Crippen LogP contribution in [-0.2, 0) is 0 Å². The summed E-state index contributed by atoms with van der Waals surface area (Å²) in [5, 5.41) is 2.64. The average molecular weight is 312 g/mol. The third kappa shape index (κ3) is 3.18. The SMILES string of the molecule is Fc1ccc(F)c(Nc2nc(Cl)nc(N3CCCC3)n2)c1. The second kappa shape index (κ2) is 5.77. The topological polar surface area (TPSA) is 53.9 Å². The van der Waals surface area contributed by atoms with Crippen LogP contribution in [0, 0.1) is 11.6 Å². The molecule has 5 nitrogen and oxygen atoms in total. The molecule has 0 radical (unpaired) electrons. The molecule has 0 amide bonds.